The van der Waals surface area contributed by atoms with Gasteiger partial charge in [-0.25, -0.2) is 9.36 Å². The summed E-state index contributed by atoms with van der Waals surface area (Å²) in [7, 11) is 0. The van der Waals surface area contributed by atoms with Gasteiger partial charge in [0.2, 0.25) is 0 Å². The highest BCUT2D eigenvalue weighted by molar-refractivity contribution is 6.03. The summed E-state index contributed by atoms with van der Waals surface area (Å²) in [4.78, 5) is 28.3. The zero-order valence-corrected chi connectivity index (χ0v) is 11.9. The minimum atomic E-state index is -0.951. The number of fused-ring (bicyclic) bond motifs is 3. The Hall–Kier alpha value is -2.50. The standard InChI is InChI=1S/C15H15N3O3/c1-3-10-9(2)17(8-13(19)20)15-16-11-6-4-5-7-12(11)18(15)14(10)21/h4-7,12H,3,8H2,1-2H3/p+1. The van der Waals surface area contributed by atoms with Crippen LogP contribution in [0.15, 0.2) is 34.1 Å². The molecule has 108 valence electrons. The van der Waals surface area contributed by atoms with Gasteiger partial charge in [0, 0.05) is 0 Å². The lowest BCUT2D eigenvalue weighted by Gasteiger charge is -2.13. The SMILES string of the molecule is CCc1c(C)[n+](CC(=O)O)c2n(c1=O)C1C=CC=CC1=N2. The van der Waals surface area contributed by atoms with Crippen LogP contribution in [0.3, 0.4) is 0 Å². The summed E-state index contributed by atoms with van der Waals surface area (Å²) in [5.74, 6) is -0.541. The van der Waals surface area contributed by atoms with Gasteiger partial charge in [0.25, 0.3) is 0 Å². The van der Waals surface area contributed by atoms with Gasteiger partial charge in [-0.05, 0) is 25.5 Å². The number of aromatic nitrogens is 2. The van der Waals surface area contributed by atoms with E-state index in [0.717, 1.165) is 5.71 Å². The summed E-state index contributed by atoms with van der Waals surface area (Å²) in [5.41, 5.74) is 1.99. The Labute approximate surface area is 121 Å². The molecular weight excluding hydrogens is 270 g/mol. The number of hydrogen-bond acceptors (Lipinski definition) is 3. The lowest BCUT2D eigenvalue weighted by atomic mass is 10.1. The van der Waals surface area contributed by atoms with Gasteiger partial charge in [-0.3, -0.25) is 4.79 Å². The Morgan fingerprint density at radius 1 is 1.48 bits per heavy atom. The van der Waals surface area contributed by atoms with E-state index in [2.05, 4.69) is 4.99 Å². The Bertz CT molecular complexity index is 784. The topological polar surface area (TPSA) is 75.5 Å². The van der Waals surface area contributed by atoms with Crippen LogP contribution in [-0.2, 0) is 17.8 Å². The molecule has 2 aliphatic rings. The monoisotopic (exact) mass is 286 g/mol. The van der Waals surface area contributed by atoms with Crippen molar-refractivity contribution in [2.24, 2.45) is 4.99 Å². The molecular formula is C15H16N3O3+. The average Bonchev–Trinajstić information content (AvgIpc) is 2.83. The van der Waals surface area contributed by atoms with Crippen molar-refractivity contribution in [1.82, 2.24) is 4.57 Å². The highest BCUT2D eigenvalue weighted by Gasteiger charge is 2.38. The van der Waals surface area contributed by atoms with E-state index in [0.29, 0.717) is 23.6 Å². The van der Waals surface area contributed by atoms with Gasteiger partial charge in [-0.1, -0.05) is 24.1 Å². The minimum absolute atomic E-state index is 0.0876. The molecule has 0 fully saturated rings. The molecule has 21 heavy (non-hydrogen) atoms. The van der Waals surface area contributed by atoms with E-state index in [1.807, 2.05) is 31.2 Å². The third-order valence-electron chi connectivity index (χ3n) is 3.90. The third kappa shape index (κ3) is 1.94. The van der Waals surface area contributed by atoms with E-state index < -0.39 is 5.97 Å². The second kappa shape index (κ2) is 4.80. The van der Waals surface area contributed by atoms with Gasteiger partial charge >= 0.3 is 17.5 Å². The smallest absolute Gasteiger partial charge is 0.403 e. The molecule has 6 heteroatoms. The van der Waals surface area contributed by atoms with E-state index in [1.54, 1.807) is 16.1 Å². The minimum Gasteiger partial charge on any atom is -0.479 e. The summed E-state index contributed by atoms with van der Waals surface area (Å²) in [6.07, 6.45) is 8.05. The Kier molecular flexibility index (Phi) is 3.08. The lowest BCUT2D eigenvalue weighted by molar-refractivity contribution is -0.683. The number of aliphatic carboxylic acids is 1. The Morgan fingerprint density at radius 2 is 2.24 bits per heavy atom. The molecule has 0 aromatic carbocycles. The zero-order chi connectivity index (χ0) is 15.1. The fourth-order valence-corrected chi connectivity index (χ4v) is 2.89. The molecule has 3 rings (SSSR count). The third-order valence-corrected chi connectivity index (χ3v) is 3.90. The molecule has 1 aliphatic heterocycles. The first kappa shape index (κ1) is 13.5. The number of hydrogen-bond donors (Lipinski definition) is 1. The van der Waals surface area contributed by atoms with Gasteiger partial charge < -0.3 is 5.11 Å². The Morgan fingerprint density at radius 3 is 2.90 bits per heavy atom. The molecule has 0 radical (unpaired) electrons. The number of carboxylic acids is 1. The number of carbonyl (C=O) groups is 1. The first-order chi connectivity index (χ1) is 10.0. The van der Waals surface area contributed by atoms with Crippen molar-refractivity contribution in [1.29, 1.82) is 0 Å². The molecule has 0 saturated carbocycles. The van der Waals surface area contributed by atoms with E-state index >= 15 is 0 Å². The number of aliphatic imine (C=N–C) groups is 1. The van der Waals surface area contributed by atoms with Crippen molar-refractivity contribution >= 4 is 17.6 Å². The van der Waals surface area contributed by atoms with Crippen molar-refractivity contribution in [3.8, 4) is 0 Å². The summed E-state index contributed by atoms with van der Waals surface area (Å²) in [5, 5.41) is 9.13. The Balaban J connectivity index is 2.32. The largest absolute Gasteiger partial charge is 0.479 e. The molecule has 0 saturated heterocycles. The summed E-state index contributed by atoms with van der Waals surface area (Å²) in [6.45, 7) is 3.47. The van der Waals surface area contributed by atoms with Crippen molar-refractivity contribution in [3.63, 3.8) is 0 Å². The molecule has 1 aliphatic carbocycles. The molecule has 0 spiro atoms. The molecule has 2 heterocycles. The van der Waals surface area contributed by atoms with Crippen LogP contribution in [-0.4, -0.2) is 21.4 Å². The summed E-state index contributed by atoms with van der Waals surface area (Å²) < 4.78 is 3.19. The quantitative estimate of drug-likeness (QED) is 0.837. The van der Waals surface area contributed by atoms with Crippen LogP contribution >= 0.6 is 0 Å². The maximum absolute atomic E-state index is 12.7. The predicted octanol–water partition coefficient (Wildman–Crippen LogP) is 0.844. The van der Waals surface area contributed by atoms with Crippen LogP contribution in [0, 0.1) is 6.92 Å². The number of rotatable bonds is 3. The summed E-state index contributed by atoms with van der Waals surface area (Å²) >= 11 is 0. The van der Waals surface area contributed by atoms with Crippen LogP contribution in [0.5, 0.6) is 0 Å². The van der Waals surface area contributed by atoms with Crippen molar-refractivity contribution in [3.05, 3.63) is 45.9 Å². The second-order valence-corrected chi connectivity index (χ2v) is 5.10. The fourth-order valence-electron chi connectivity index (χ4n) is 2.89. The molecule has 0 bridgehead atoms. The first-order valence-corrected chi connectivity index (χ1v) is 6.87. The number of carboxylic acid groups (broad SMARTS) is 1. The normalized spacial score (nSPS) is 18.4. The van der Waals surface area contributed by atoms with Gasteiger partial charge in [-0.2, -0.15) is 4.57 Å². The van der Waals surface area contributed by atoms with Crippen molar-refractivity contribution < 1.29 is 14.5 Å². The maximum Gasteiger partial charge on any atom is 0.403 e. The molecule has 1 aromatic heterocycles. The lowest BCUT2D eigenvalue weighted by Crippen LogP contribution is -2.47. The van der Waals surface area contributed by atoms with E-state index in [9.17, 15) is 9.59 Å². The van der Waals surface area contributed by atoms with Crippen LogP contribution in [0.1, 0.15) is 24.2 Å². The van der Waals surface area contributed by atoms with Crippen molar-refractivity contribution in [2.45, 2.75) is 32.9 Å². The van der Waals surface area contributed by atoms with Crippen LogP contribution in [0.2, 0.25) is 0 Å². The molecule has 0 amide bonds. The molecule has 1 unspecified atom stereocenters. The van der Waals surface area contributed by atoms with Crippen LogP contribution in [0.4, 0.5) is 5.95 Å². The van der Waals surface area contributed by atoms with E-state index in [-0.39, 0.29) is 18.1 Å². The number of allylic oxidation sites excluding steroid dienone is 4. The first-order valence-electron chi connectivity index (χ1n) is 6.87. The highest BCUT2D eigenvalue weighted by atomic mass is 16.4. The average molecular weight is 286 g/mol. The maximum atomic E-state index is 12.7. The van der Waals surface area contributed by atoms with Gasteiger partial charge in [0.1, 0.15) is 0 Å². The molecule has 1 atom stereocenters. The second-order valence-electron chi connectivity index (χ2n) is 5.10. The van der Waals surface area contributed by atoms with Crippen molar-refractivity contribution in [2.75, 3.05) is 0 Å². The fraction of sp³-hybridized carbons (Fsp3) is 0.333. The van der Waals surface area contributed by atoms with Crippen LogP contribution in [0.25, 0.3) is 0 Å². The van der Waals surface area contributed by atoms with Crippen LogP contribution < -0.4 is 10.1 Å². The predicted molar refractivity (Wildman–Crippen MR) is 77.1 cm³/mol. The molecule has 6 nitrogen and oxygen atoms in total. The van der Waals surface area contributed by atoms with E-state index in [1.165, 1.54) is 0 Å². The zero-order valence-electron chi connectivity index (χ0n) is 11.9. The number of nitrogens with zero attached hydrogens (tertiary/aromatic N) is 3. The van der Waals surface area contributed by atoms with Gasteiger partial charge in [-0.15, -0.1) is 0 Å². The molecule has 1 aromatic rings. The van der Waals surface area contributed by atoms with Gasteiger partial charge in [0.15, 0.2) is 18.3 Å². The molecule has 1 N–H and O–H groups in total. The van der Waals surface area contributed by atoms with E-state index in [4.69, 9.17) is 5.11 Å². The van der Waals surface area contributed by atoms with Gasteiger partial charge in [0.05, 0.1) is 11.3 Å². The highest BCUT2D eigenvalue weighted by Crippen LogP contribution is 2.27. The summed E-state index contributed by atoms with van der Waals surface area (Å²) in [6, 6.07) is -0.233.